The topological polar surface area (TPSA) is 59.1 Å². The smallest absolute Gasteiger partial charge is 0.277 e. The Bertz CT molecular complexity index is 1030. The molecule has 1 atom stereocenters. The van der Waals surface area contributed by atoms with Crippen LogP contribution in [0.1, 0.15) is 30.9 Å². The fourth-order valence-corrected chi connectivity index (χ4v) is 4.59. The zero-order chi connectivity index (χ0) is 22.7. The number of carbonyl (C=O) groups is 2. The number of benzene rings is 2. The quantitative estimate of drug-likeness (QED) is 0.621. The Kier molecular flexibility index (Phi) is 6.49. The molecule has 1 unspecified atom stereocenters. The van der Waals surface area contributed by atoms with Crippen molar-refractivity contribution < 1.29 is 19.1 Å². The van der Waals surface area contributed by atoms with Gasteiger partial charge in [0.25, 0.3) is 11.8 Å². The Hall–Kier alpha value is -3.28. The Balaban J connectivity index is 1.60. The molecular weight excluding hydrogens is 404 g/mol. The molecule has 1 saturated heterocycles. The molecule has 6 heteroatoms. The fourth-order valence-electron chi connectivity index (χ4n) is 4.59. The van der Waals surface area contributed by atoms with Crippen molar-refractivity contribution in [1.82, 2.24) is 9.80 Å². The number of imide groups is 1. The molecule has 2 amide bonds. The first kappa shape index (κ1) is 21.9. The summed E-state index contributed by atoms with van der Waals surface area (Å²) >= 11 is 0. The van der Waals surface area contributed by atoms with Crippen LogP contribution in [0.5, 0.6) is 11.5 Å². The molecule has 2 aromatic carbocycles. The second-order valence-electron chi connectivity index (χ2n) is 8.48. The second-order valence-corrected chi connectivity index (χ2v) is 8.48. The summed E-state index contributed by atoms with van der Waals surface area (Å²) in [7, 11) is 3.19. The fraction of sp³-hybridized carbons (Fsp3) is 0.385. The summed E-state index contributed by atoms with van der Waals surface area (Å²) < 4.78 is 10.7. The Morgan fingerprint density at radius 1 is 0.969 bits per heavy atom. The molecule has 4 rings (SSSR count). The largest absolute Gasteiger partial charge is 0.493 e. The highest BCUT2D eigenvalue weighted by Gasteiger charge is 2.41. The lowest BCUT2D eigenvalue weighted by atomic mass is 9.98. The van der Waals surface area contributed by atoms with Gasteiger partial charge in [-0.2, -0.15) is 0 Å². The van der Waals surface area contributed by atoms with E-state index in [1.54, 1.807) is 14.2 Å². The van der Waals surface area contributed by atoms with Gasteiger partial charge in [0.15, 0.2) is 11.5 Å². The summed E-state index contributed by atoms with van der Waals surface area (Å²) in [6.45, 7) is 4.12. The second kappa shape index (κ2) is 9.47. The SMILES string of the molecule is COc1ccc(CCN2C(=O)C(c3ccccc3)=C(N3CCCC(C)C3)C2=O)cc1OC. The van der Waals surface area contributed by atoms with Gasteiger partial charge in [0, 0.05) is 19.6 Å². The normalized spacial score (nSPS) is 19.0. The van der Waals surface area contributed by atoms with Gasteiger partial charge in [-0.1, -0.05) is 43.3 Å². The van der Waals surface area contributed by atoms with Crippen LogP contribution >= 0.6 is 0 Å². The van der Waals surface area contributed by atoms with E-state index in [2.05, 4.69) is 11.8 Å². The predicted octanol–water partition coefficient (Wildman–Crippen LogP) is 3.76. The average Bonchev–Trinajstić information content (AvgIpc) is 3.07. The maximum atomic E-state index is 13.5. The molecule has 168 valence electrons. The maximum Gasteiger partial charge on any atom is 0.277 e. The standard InChI is InChI=1S/C26H30N2O4/c1-18-8-7-14-27(17-18)24-23(20-9-5-4-6-10-20)25(29)28(26(24)30)15-13-19-11-12-21(31-2)22(16-19)32-3/h4-6,9-12,16,18H,7-8,13-15,17H2,1-3H3. The van der Waals surface area contributed by atoms with Gasteiger partial charge in [0.1, 0.15) is 5.70 Å². The van der Waals surface area contributed by atoms with E-state index in [1.807, 2.05) is 48.5 Å². The minimum Gasteiger partial charge on any atom is -0.493 e. The number of hydrogen-bond acceptors (Lipinski definition) is 5. The highest BCUT2D eigenvalue weighted by Crippen LogP contribution is 2.34. The van der Waals surface area contributed by atoms with Crippen LogP contribution in [0.15, 0.2) is 54.2 Å². The van der Waals surface area contributed by atoms with Crippen LogP contribution in [0.2, 0.25) is 0 Å². The molecule has 6 nitrogen and oxygen atoms in total. The number of amides is 2. The third-order valence-electron chi connectivity index (χ3n) is 6.25. The molecule has 0 spiro atoms. The van der Waals surface area contributed by atoms with E-state index >= 15 is 0 Å². The third kappa shape index (κ3) is 4.22. The summed E-state index contributed by atoms with van der Waals surface area (Å²) in [6.07, 6.45) is 2.72. The molecule has 32 heavy (non-hydrogen) atoms. The van der Waals surface area contributed by atoms with Crippen molar-refractivity contribution >= 4 is 17.4 Å². The van der Waals surface area contributed by atoms with Gasteiger partial charge in [-0.15, -0.1) is 0 Å². The molecular formula is C26H30N2O4. The van der Waals surface area contributed by atoms with Gasteiger partial charge in [0.05, 0.1) is 19.8 Å². The van der Waals surface area contributed by atoms with Gasteiger partial charge in [-0.05, 0) is 48.4 Å². The Labute approximate surface area is 189 Å². The van der Waals surface area contributed by atoms with Gasteiger partial charge < -0.3 is 14.4 Å². The summed E-state index contributed by atoms with van der Waals surface area (Å²) in [5, 5.41) is 0. The number of nitrogens with zero attached hydrogens (tertiary/aromatic N) is 2. The van der Waals surface area contributed by atoms with Crippen molar-refractivity contribution in [2.75, 3.05) is 33.9 Å². The van der Waals surface area contributed by atoms with Crippen LogP contribution in [-0.4, -0.2) is 55.5 Å². The number of piperidine rings is 1. The van der Waals surface area contributed by atoms with Crippen molar-refractivity contribution in [3.8, 4) is 11.5 Å². The predicted molar refractivity (Wildman–Crippen MR) is 123 cm³/mol. The molecule has 0 N–H and O–H groups in total. The number of ether oxygens (including phenoxy) is 2. The molecule has 0 aromatic heterocycles. The molecule has 2 aliphatic rings. The highest BCUT2D eigenvalue weighted by atomic mass is 16.5. The van der Waals surface area contributed by atoms with Crippen LogP contribution in [0, 0.1) is 5.92 Å². The van der Waals surface area contributed by atoms with Crippen molar-refractivity contribution in [3.63, 3.8) is 0 Å². The Morgan fingerprint density at radius 3 is 2.41 bits per heavy atom. The van der Waals surface area contributed by atoms with E-state index in [1.165, 1.54) is 4.90 Å². The van der Waals surface area contributed by atoms with Crippen molar-refractivity contribution in [1.29, 1.82) is 0 Å². The highest BCUT2D eigenvalue weighted by molar-refractivity contribution is 6.35. The molecule has 0 radical (unpaired) electrons. The van der Waals surface area contributed by atoms with E-state index in [0.717, 1.165) is 37.1 Å². The summed E-state index contributed by atoms with van der Waals surface area (Å²) in [5.41, 5.74) is 2.86. The molecule has 0 aliphatic carbocycles. The lowest BCUT2D eigenvalue weighted by Crippen LogP contribution is -2.39. The van der Waals surface area contributed by atoms with E-state index in [-0.39, 0.29) is 11.8 Å². The van der Waals surface area contributed by atoms with Crippen molar-refractivity contribution in [2.24, 2.45) is 5.92 Å². The minimum atomic E-state index is -0.213. The maximum absolute atomic E-state index is 13.5. The molecule has 0 bridgehead atoms. The van der Waals surface area contributed by atoms with Crippen molar-refractivity contribution in [2.45, 2.75) is 26.2 Å². The zero-order valence-electron chi connectivity index (χ0n) is 19.0. The minimum absolute atomic E-state index is 0.191. The van der Waals surface area contributed by atoms with E-state index < -0.39 is 0 Å². The number of rotatable bonds is 7. The van der Waals surface area contributed by atoms with Crippen LogP contribution in [0.4, 0.5) is 0 Å². The van der Waals surface area contributed by atoms with Gasteiger partial charge >= 0.3 is 0 Å². The first-order valence-corrected chi connectivity index (χ1v) is 11.1. The van der Waals surface area contributed by atoms with Crippen LogP contribution in [0.3, 0.4) is 0 Å². The molecule has 1 fully saturated rings. The summed E-state index contributed by atoms with van der Waals surface area (Å²) in [4.78, 5) is 30.5. The molecule has 0 saturated carbocycles. The third-order valence-corrected chi connectivity index (χ3v) is 6.25. The van der Waals surface area contributed by atoms with E-state index in [9.17, 15) is 9.59 Å². The Morgan fingerprint density at radius 2 is 1.72 bits per heavy atom. The number of methoxy groups -OCH3 is 2. The lowest BCUT2D eigenvalue weighted by Gasteiger charge is -2.33. The van der Waals surface area contributed by atoms with Crippen molar-refractivity contribution in [3.05, 3.63) is 65.4 Å². The first-order valence-electron chi connectivity index (χ1n) is 11.1. The van der Waals surface area contributed by atoms with Gasteiger partial charge in [-0.25, -0.2) is 0 Å². The number of likely N-dealkylation sites (tertiary alicyclic amines) is 1. The van der Waals surface area contributed by atoms with Gasteiger partial charge in [0.2, 0.25) is 0 Å². The van der Waals surface area contributed by atoms with Crippen LogP contribution in [0.25, 0.3) is 5.57 Å². The monoisotopic (exact) mass is 434 g/mol. The van der Waals surface area contributed by atoms with Crippen LogP contribution in [-0.2, 0) is 16.0 Å². The molecule has 2 heterocycles. The number of hydrogen-bond donors (Lipinski definition) is 0. The summed E-state index contributed by atoms with van der Waals surface area (Å²) in [6, 6.07) is 15.2. The lowest BCUT2D eigenvalue weighted by molar-refractivity contribution is -0.137. The zero-order valence-corrected chi connectivity index (χ0v) is 19.0. The van der Waals surface area contributed by atoms with E-state index in [4.69, 9.17) is 9.47 Å². The van der Waals surface area contributed by atoms with Crippen LogP contribution < -0.4 is 9.47 Å². The number of carbonyl (C=O) groups excluding carboxylic acids is 2. The van der Waals surface area contributed by atoms with E-state index in [0.29, 0.717) is 41.7 Å². The first-order chi connectivity index (χ1) is 15.5. The molecule has 2 aromatic rings. The average molecular weight is 435 g/mol. The molecule has 2 aliphatic heterocycles. The summed E-state index contributed by atoms with van der Waals surface area (Å²) in [5.74, 6) is 1.38. The van der Waals surface area contributed by atoms with Gasteiger partial charge in [-0.3, -0.25) is 14.5 Å².